The van der Waals surface area contributed by atoms with E-state index < -0.39 is 0 Å². The van der Waals surface area contributed by atoms with Crippen molar-refractivity contribution in [2.24, 2.45) is 5.41 Å². The SMILES string of the molecule is CC1(C)C=CC=C2Sc3ccccc3NC2=C1. The van der Waals surface area contributed by atoms with Crippen molar-refractivity contribution in [3.8, 4) is 0 Å². The van der Waals surface area contributed by atoms with E-state index in [0.717, 1.165) is 0 Å². The third-order valence-electron chi connectivity index (χ3n) is 2.93. The first kappa shape index (κ1) is 10.7. The molecule has 3 rings (SSSR count). The highest BCUT2D eigenvalue weighted by Crippen LogP contribution is 2.44. The van der Waals surface area contributed by atoms with Crippen molar-refractivity contribution < 1.29 is 0 Å². The average Bonchev–Trinajstić information content (AvgIpc) is 2.42. The van der Waals surface area contributed by atoms with Gasteiger partial charge in [-0.15, -0.1) is 0 Å². The molecule has 1 aliphatic carbocycles. The summed E-state index contributed by atoms with van der Waals surface area (Å²) < 4.78 is 0. The fourth-order valence-corrected chi connectivity index (χ4v) is 3.05. The normalized spacial score (nSPS) is 20.4. The van der Waals surface area contributed by atoms with Gasteiger partial charge in [-0.3, -0.25) is 0 Å². The van der Waals surface area contributed by atoms with Crippen LogP contribution in [0, 0.1) is 5.41 Å². The summed E-state index contributed by atoms with van der Waals surface area (Å²) in [4.78, 5) is 2.59. The molecule has 2 aliphatic rings. The molecule has 0 saturated carbocycles. The number of para-hydroxylation sites is 1. The first-order chi connectivity index (χ1) is 8.14. The molecule has 1 aliphatic heterocycles. The number of hydrogen-bond donors (Lipinski definition) is 1. The summed E-state index contributed by atoms with van der Waals surface area (Å²) in [7, 11) is 0. The van der Waals surface area contributed by atoms with Gasteiger partial charge >= 0.3 is 0 Å². The second-order valence-electron chi connectivity index (χ2n) is 4.99. The Bertz CT molecular complexity index is 550. The lowest BCUT2D eigenvalue weighted by Gasteiger charge is -2.24. The van der Waals surface area contributed by atoms with Crippen LogP contribution in [0.15, 0.2) is 64.1 Å². The number of anilines is 1. The Balaban J connectivity index is 2.08. The van der Waals surface area contributed by atoms with Gasteiger partial charge < -0.3 is 5.32 Å². The van der Waals surface area contributed by atoms with Crippen LogP contribution in [0.2, 0.25) is 0 Å². The Morgan fingerprint density at radius 3 is 2.88 bits per heavy atom. The van der Waals surface area contributed by atoms with E-state index in [1.54, 1.807) is 0 Å². The smallest absolute Gasteiger partial charge is 0.0526 e. The molecule has 1 heterocycles. The minimum absolute atomic E-state index is 0.105. The van der Waals surface area contributed by atoms with Gasteiger partial charge in [-0.05, 0) is 18.2 Å². The molecule has 0 saturated heterocycles. The molecule has 1 nitrogen and oxygen atoms in total. The number of rotatable bonds is 0. The van der Waals surface area contributed by atoms with Gasteiger partial charge in [0.25, 0.3) is 0 Å². The van der Waals surface area contributed by atoms with Gasteiger partial charge in [0.2, 0.25) is 0 Å². The predicted octanol–water partition coefficient (Wildman–Crippen LogP) is 4.57. The molecule has 0 fully saturated rings. The van der Waals surface area contributed by atoms with E-state index in [0.29, 0.717) is 0 Å². The largest absolute Gasteiger partial charge is 0.354 e. The quantitative estimate of drug-likeness (QED) is 0.714. The third kappa shape index (κ3) is 2.05. The summed E-state index contributed by atoms with van der Waals surface area (Å²) in [6.45, 7) is 4.44. The van der Waals surface area contributed by atoms with Crippen LogP contribution in [-0.4, -0.2) is 0 Å². The molecule has 0 unspecified atom stereocenters. The van der Waals surface area contributed by atoms with Crippen LogP contribution in [0.25, 0.3) is 0 Å². The molecule has 0 aromatic heterocycles. The fraction of sp³-hybridized carbons (Fsp3) is 0.200. The Morgan fingerprint density at radius 2 is 2.00 bits per heavy atom. The first-order valence-corrected chi connectivity index (χ1v) is 6.62. The summed E-state index contributed by atoms with van der Waals surface area (Å²) in [6, 6.07) is 8.44. The maximum atomic E-state index is 3.53. The van der Waals surface area contributed by atoms with Gasteiger partial charge in [0.05, 0.1) is 5.69 Å². The van der Waals surface area contributed by atoms with Gasteiger partial charge in [0.15, 0.2) is 0 Å². The molecule has 1 aromatic carbocycles. The van der Waals surface area contributed by atoms with E-state index in [1.807, 2.05) is 11.8 Å². The molecule has 0 spiro atoms. The maximum Gasteiger partial charge on any atom is 0.0526 e. The van der Waals surface area contributed by atoms with E-state index in [4.69, 9.17) is 0 Å². The van der Waals surface area contributed by atoms with E-state index >= 15 is 0 Å². The molecule has 0 atom stereocenters. The summed E-state index contributed by atoms with van der Waals surface area (Å²) >= 11 is 1.83. The van der Waals surface area contributed by atoms with Crippen molar-refractivity contribution >= 4 is 17.4 Å². The molecule has 86 valence electrons. The lowest BCUT2D eigenvalue weighted by molar-refractivity contribution is 0.623. The van der Waals surface area contributed by atoms with Crippen LogP contribution < -0.4 is 5.32 Å². The molecular formula is C15H15NS. The van der Waals surface area contributed by atoms with E-state index in [-0.39, 0.29) is 5.41 Å². The zero-order valence-corrected chi connectivity index (χ0v) is 10.8. The molecule has 0 radical (unpaired) electrons. The molecule has 0 bridgehead atoms. The van der Waals surface area contributed by atoms with Crippen molar-refractivity contribution in [1.82, 2.24) is 0 Å². The second-order valence-corrected chi connectivity index (χ2v) is 6.08. The minimum Gasteiger partial charge on any atom is -0.354 e. The van der Waals surface area contributed by atoms with Crippen LogP contribution in [0.1, 0.15) is 13.8 Å². The number of allylic oxidation sites excluding steroid dienone is 4. The number of benzene rings is 1. The molecule has 1 N–H and O–H groups in total. The molecule has 2 heteroatoms. The lowest BCUT2D eigenvalue weighted by Crippen LogP contribution is -2.11. The van der Waals surface area contributed by atoms with Gasteiger partial charge in [-0.2, -0.15) is 0 Å². The van der Waals surface area contributed by atoms with Crippen LogP contribution in [-0.2, 0) is 0 Å². The highest BCUT2D eigenvalue weighted by molar-refractivity contribution is 8.03. The maximum absolute atomic E-state index is 3.53. The summed E-state index contributed by atoms with van der Waals surface area (Å²) in [5, 5.41) is 3.53. The third-order valence-corrected chi connectivity index (χ3v) is 4.08. The van der Waals surface area contributed by atoms with Gasteiger partial charge in [-0.25, -0.2) is 0 Å². The molecule has 17 heavy (non-hydrogen) atoms. The fourth-order valence-electron chi connectivity index (χ4n) is 2.07. The van der Waals surface area contributed by atoms with Crippen LogP contribution in [0.5, 0.6) is 0 Å². The van der Waals surface area contributed by atoms with Gasteiger partial charge in [0, 0.05) is 20.9 Å². The Hall–Kier alpha value is -1.41. The van der Waals surface area contributed by atoms with Crippen molar-refractivity contribution in [3.05, 3.63) is 59.2 Å². The van der Waals surface area contributed by atoms with E-state index in [1.165, 1.54) is 21.2 Å². The predicted molar refractivity (Wildman–Crippen MR) is 75.0 cm³/mol. The Kier molecular flexibility index (Phi) is 2.40. The standard InChI is InChI=1S/C15H15NS/c1-15(2)9-5-8-14-12(10-15)16-11-6-3-4-7-13(11)17-14/h3-10,16H,1-2H3. The van der Waals surface area contributed by atoms with E-state index in [9.17, 15) is 0 Å². The van der Waals surface area contributed by atoms with Crippen molar-refractivity contribution in [2.75, 3.05) is 5.32 Å². The zero-order valence-electron chi connectivity index (χ0n) is 10.0. The number of thioether (sulfide) groups is 1. The van der Waals surface area contributed by atoms with E-state index in [2.05, 4.69) is 67.7 Å². The summed E-state index contributed by atoms with van der Waals surface area (Å²) in [5.41, 5.74) is 2.54. The number of hydrogen-bond acceptors (Lipinski definition) is 2. The first-order valence-electron chi connectivity index (χ1n) is 5.81. The van der Waals surface area contributed by atoms with Crippen molar-refractivity contribution in [1.29, 1.82) is 0 Å². The summed E-state index contributed by atoms with van der Waals surface area (Å²) in [6.07, 6.45) is 8.87. The molecular weight excluding hydrogens is 226 g/mol. The van der Waals surface area contributed by atoms with Crippen molar-refractivity contribution in [2.45, 2.75) is 18.7 Å². The van der Waals surface area contributed by atoms with Crippen LogP contribution in [0.3, 0.4) is 0 Å². The topological polar surface area (TPSA) is 12.0 Å². The number of nitrogens with one attached hydrogen (secondary N) is 1. The Labute approximate surface area is 106 Å². The van der Waals surface area contributed by atoms with Gasteiger partial charge in [-0.1, -0.05) is 56.0 Å². The monoisotopic (exact) mass is 241 g/mol. The minimum atomic E-state index is 0.105. The second kappa shape index (κ2) is 3.81. The highest BCUT2D eigenvalue weighted by Gasteiger charge is 2.22. The van der Waals surface area contributed by atoms with Crippen LogP contribution >= 0.6 is 11.8 Å². The lowest BCUT2D eigenvalue weighted by atomic mass is 9.92. The average molecular weight is 241 g/mol. The zero-order chi connectivity index (χ0) is 11.9. The van der Waals surface area contributed by atoms with Crippen LogP contribution in [0.4, 0.5) is 5.69 Å². The Morgan fingerprint density at radius 1 is 1.18 bits per heavy atom. The number of fused-ring (bicyclic) bond motifs is 2. The molecule has 1 aromatic rings. The summed E-state index contributed by atoms with van der Waals surface area (Å²) in [5.74, 6) is 0. The van der Waals surface area contributed by atoms with Gasteiger partial charge in [0.1, 0.15) is 0 Å². The molecule has 0 amide bonds. The highest BCUT2D eigenvalue weighted by atomic mass is 32.2. The van der Waals surface area contributed by atoms with Crippen molar-refractivity contribution in [3.63, 3.8) is 0 Å².